The zero-order valence-corrected chi connectivity index (χ0v) is 21.1. The summed E-state index contributed by atoms with van der Waals surface area (Å²) >= 11 is 1.25. The van der Waals surface area contributed by atoms with Crippen LogP contribution in [0.5, 0.6) is 0 Å². The predicted octanol–water partition coefficient (Wildman–Crippen LogP) is 6.11. The van der Waals surface area contributed by atoms with Crippen molar-refractivity contribution in [3.05, 3.63) is 82.8 Å². The molecule has 1 aliphatic rings. The molecule has 0 saturated carbocycles. The number of aliphatic imine (C=N–C) groups is 1. The molecule has 1 amide bonds. The first-order valence-corrected chi connectivity index (χ1v) is 12.2. The maximum Gasteiger partial charge on any atom is 0.249 e. The largest absolute Gasteiger partial charge is 0.272 e. The van der Waals surface area contributed by atoms with E-state index in [-0.39, 0.29) is 16.5 Å². The number of amidine groups is 1. The minimum absolute atomic E-state index is 0.0204. The van der Waals surface area contributed by atoms with Crippen LogP contribution in [0.3, 0.4) is 0 Å². The monoisotopic (exact) mass is 497 g/mol. The first kappa shape index (κ1) is 26.4. The third kappa shape index (κ3) is 5.88. The lowest BCUT2D eigenvalue weighted by Crippen LogP contribution is -2.46. The number of hydrogen-bond donors (Lipinski definition) is 1. The van der Waals surface area contributed by atoms with Gasteiger partial charge < -0.3 is 0 Å². The lowest BCUT2D eigenvalue weighted by Gasteiger charge is -2.38. The lowest BCUT2D eigenvalue weighted by atomic mass is 9.92. The van der Waals surface area contributed by atoms with Gasteiger partial charge in [0.05, 0.1) is 0 Å². The molecule has 0 aromatic heterocycles. The second-order valence-corrected chi connectivity index (χ2v) is 10.4. The van der Waals surface area contributed by atoms with Gasteiger partial charge in [-0.15, -0.1) is 0 Å². The molecule has 0 aliphatic carbocycles. The van der Waals surface area contributed by atoms with Crippen molar-refractivity contribution in [3.63, 3.8) is 0 Å². The maximum absolute atomic E-state index is 14.7. The van der Waals surface area contributed by atoms with Crippen molar-refractivity contribution in [1.82, 2.24) is 10.4 Å². The molecule has 6 nitrogen and oxygen atoms in total. The Bertz CT molecular complexity index is 1170. The highest BCUT2D eigenvalue weighted by Gasteiger charge is 2.50. The third-order valence-electron chi connectivity index (χ3n) is 5.51. The molecule has 184 valence electrons. The van der Waals surface area contributed by atoms with Crippen molar-refractivity contribution in [1.29, 1.82) is 0 Å². The molecule has 0 fully saturated rings. The van der Waals surface area contributed by atoms with E-state index < -0.39 is 21.9 Å². The van der Waals surface area contributed by atoms with Crippen LogP contribution in [0.15, 0.2) is 58.6 Å². The standard InChI is InChI=1S/C26H29F2N5OS/c1-6-22(31-29-5)30-16-10-15-26(18-11-8-7-9-12-18)33(24(34)25(2,3)4)32-23(35-26)20-17-19(27)13-14-21(20)28/h7-9,11-14,17H,6,10,15-16H2,1-4H3,(H,30,31). The lowest BCUT2D eigenvalue weighted by molar-refractivity contribution is -0.143. The van der Waals surface area contributed by atoms with E-state index >= 15 is 0 Å². The van der Waals surface area contributed by atoms with Gasteiger partial charge in [-0.25, -0.2) is 13.8 Å². The molecule has 1 unspecified atom stereocenters. The molecule has 1 heterocycles. The van der Waals surface area contributed by atoms with Gasteiger partial charge in [-0.1, -0.05) is 75.2 Å². The zero-order valence-electron chi connectivity index (χ0n) is 20.3. The van der Waals surface area contributed by atoms with Crippen LogP contribution in [-0.2, 0) is 9.67 Å². The molecule has 3 rings (SSSR count). The molecule has 0 spiro atoms. The van der Waals surface area contributed by atoms with E-state index in [0.717, 1.165) is 23.8 Å². The van der Waals surface area contributed by atoms with Crippen LogP contribution >= 0.6 is 11.8 Å². The SMILES string of the molecule is [C-]#[N+]NC(CC)=NCCCC1(c2ccccc2)SC(c2cc(F)ccc2F)=NN1C(=O)C(C)(C)C. The van der Waals surface area contributed by atoms with Gasteiger partial charge in [0.15, 0.2) is 5.84 Å². The summed E-state index contributed by atoms with van der Waals surface area (Å²) in [5.41, 5.74) is 2.66. The number of hydrogen-bond acceptors (Lipinski definition) is 4. The Morgan fingerprint density at radius 2 is 1.94 bits per heavy atom. The Balaban J connectivity index is 2.07. The molecule has 1 aliphatic heterocycles. The van der Waals surface area contributed by atoms with Gasteiger partial charge in [-0.3, -0.25) is 9.79 Å². The van der Waals surface area contributed by atoms with Gasteiger partial charge in [0.25, 0.3) is 0 Å². The Kier molecular flexibility index (Phi) is 8.28. The summed E-state index contributed by atoms with van der Waals surface area (Å²) in [7, 11) is 0. The highest BCUT2D eigenvalue weighted by atomic mass is 32.2. The molecule has 0 saturated heterocycles. The van der Waals surface area contributed by atoms with Crippen LogP contribution in [0.25, 0.3) is 4.95 Å². The van der Waals surface area contributed by atoms with Crippen molar-refractivity contribution in [2.45, 2.75) is 51.8 Å². The van der Waals surface area contributed by atoms with E-state index in [9.17, 15) is 13.6 Å². The highest BCUT2D eigenvalue weighted by Crippen LogP contribution is 2.51. The molecular formula is C26H29F2N5OS. The molecule has 0 radical (unpaired) electrons. The number of carbonyl (C=O) groups excluding carboxylic acids is 1. The summed E-state index contributed by atoms with van der Waals surface area (Å²) < 4.78 is 28.8. The maximum atomic E-state index is 14.7. The first-order valence-electron chi connectivity index (χ1n) is 11.4. The van der Waals surface area contributed by atoms with Crippen molar-refractivity contribution in [3.8, 4) is 0 Å². The number of thioether (sulfide) groups is 1. The van der Waals surface area contributed by atoms with Gasteiger partial charge in [-0.05, 0) is 36.6 Å². The number of halogens is 2. The van der Waals surface area contributed by atoms with E-state index in [1.807, 2.05) is 37.3 Å². The van der Waals surface area contributed by atoms with E-state index in [2.05, 4.69) is 20.5 Å². The minimum Gasteiger partial charge on any atom is -0.272 e. The van der Waals surface area contributed by atoms with Gasteiger partial charge in [-0.2, -0.15) is 16.6 Å². The first-order chi connectivity index (χ1) is 16.6. The van der Waals surface area contributed by atoms with E-state index in [1.165, 1.54) is 16.8 Å². The van der Waals surface area contributed by atoms with Crippen molar-refractivity contribution in [2.24, 2.45) is 15.5 Å². The number of hydrazone groups is 1. The smallest absolute Gasteiger partial charge is 0.249 e. The number of nitrogens with one attached hydrogen (secondary N) is 1. The number of rotatable bonds is 7. The minimum atomic E-state index is -0.963. The van der Waals surface area contributed by atoms with Gasteiger partial charge in [0, 0.05) is 23.9 Å². The highest BCUT2D eigenvalue weighted by molar-refractivity contribution is 8.15. The van der Waals surface area contributed by atoms with Crippen LogP contribution in [0.1, 0.15) is 58.1 Å². The molecule has 2 aromatic rings. The number of benzene rings is 2. The van der Waals surface area contributed by atoms with Crippen molar-refractivity contribution in [2.75, 3.05) is 6.54 Å². The number of amides is 1. The summed E-state index contributed by atoms with van der Waals surface area (Å²) in [5, 5.41) is 6.27. The topological polar surface area (TPSA) is 61.4 Å². The molecule has 1 atom stereocenters. The molecule has 2 aromatic carbocycles. The summed E-state index contributed by atoms with van der Waals surface area (Å²) in [5.74, 6) is -0.821. The summed E-state index contributed by atoms with van der Waals surface area (Å²) in [6.45, 7) is 14.7. The van der Waals surface area contributed by atoms with Gasteiger partial charge in [0.1, 0.15) is 21.5 Å². The Morgan fingerprint density at radius 3 is 2.57 bits per heavy atom. The van der Waals surface area contributed by atoms with E-state index in [0.29, 0.717) is 31.6 Å². The fourth-order valence-electron chi connectivity index (χ4n) is 3.70. The van der Waals surface area contributed by atoms with E-state index in [1.54, 1.807) is 20.8 Å². The summed E-state index contributed by atoms with van der Waals surface area (Å²) in [6.07, 6.45) is 1.64. The molecule has 35 heavy (non-hydrogen) atoms. The van der Waals surface area contributed by atoms with Crippen LogP contribution in [0.2, 0.25) is 0 Å². The van der Waals surface area contributed by atoms with E-state index in [4.69, 9.17) is 6.57 Å². The summed E-state index contributed by atoms with van der Waals surface area (Å²) in [4.78, 5) is 20.3. The molecule has 9 heteroatoms. The Labute approximate surface area is 209 Å². The number of carbonyl (C=O) groups is 1. The van der Waals surface area contributed by atoms with Crippen LogP contribution in [0, 0.1) is 23.6 Å². The zero-order chi connectivity index (χ0) is 25.6. The molecular weight excluding hydrogens is 468 g/mol. The van der Waals surface area contributed by atoms with Crippen molar-refractivity contribution < 1.29 is 13.6 Å². The van der Waals surface area contributed by atoms with Crippen LogP contribution in [-0.4, -0.2) is 28.3 Å². The molecule has 1 N–H and O–H groups in total. The van der Waals surface area contributed by atoms with Gasteiger partial charge >= 0.3 is 0 Å². The normalized spacial score (nSPS) is 18.3. The van der Waals surface area contributed by atoms with Crippen molar-refractivity contribution >= 4 is 28.5 Å². The second kappa shape index (κ2) is 11.0. The average Bonchev–Trinajstić information content (AvgIpc) is 3.22. The van der Waals surface area contributed by atoms with Gasteiger partial charge in [0.2, 0.25) is 5.91 Å². The Hall–Kier alpha value is -3.25. The average molecular weight is 498 g/mol. The van der Waals surface area contributed by atoms with Crippen LogP contribution < -0.4 is 5.43 Å². The second-order valence-electron chi connectivity index (χ2n) is 9.16. The summed E-state index contributed by atoms with van der Waals surface area (Å²) in [6, 6.07) is 12.7. The fourth-order valence-corrected chi connectivity index (χ4v) is 5.12. The third-order valence-corrected chi connectivity index (χ3v) is 6.96. The molecule has 0 bridgehead atoms. The van der Waals surface area contributed by atoms with Crippen LogP contribution in [0.4, 0.5) is 8.78 Å². The Morgan fingerprint density at radius 1 is 1.23 bits per heavy atom. The number of nitrogens with zero attached hydrogens (tertiary/aromatic N) is 4. The fraction of sp³-hybridized carbons (Fsp3) is 0.385. The quantitative estimate of drug-likeness (QED) is 0.165. The predicted molar refractivity (Wildman–Crippen MR) is 136 cm³/mol.